The molecule has 7 nitrogen and oxygen atoms in total. The molecule has 0 spiro atoms. The highest BCUT2D eigenvalue weighted by Crippen LogP contribution is 2.33. The van der Waals surface area contributed by atoms with Gasteiger partial charge in [-0.2, -0.15) is 10.2 Å². The minimum absolute atomic E-state index is 0.581. The van der Waals surface area contributed by atoms with Crippen molar-refractivity contribution >= 4 is 23.5 Å². The van der Waals surface area contributed by atoms with E-state index in [1.165, 1.54) is 0 Å². The van der Waals surface area contributed by atoms with Crippen LogP contribution in [-0.2, 0) is 0 Å². The third-order valence-electron chi connectivity index (χ3n) is 4.89. The molecule has 1 heterocycles. The normalized spacial score (nSPS) is 10.9. The molecule has 3 aromatic rings. The van der Waals surface area contributed by atoms with Gasteiger partial charge in [-0.05, 0) is 49.0 Å². The molecular weight excluding hydrogens is 422 g/mol. The van der Waals surface area contributed by atoms with Crippen molar-refractivity contribution in [3.8, 4) is 28.4 Å². The SMILES string of the molecule is CCCCNC(=S)N(C)N=Cc1cn(-c2ccccc2)nc1-c1ccc(OC)c(OC)c1. The number of hydrogen-bond donors (Lipinski definition) is 1. The first-order chi connectivity index (χ1) is 15.6. The van der Waals surface area contributed by atoms with E-state index in [1.807, 2.05) is 66.5 Å². The van der Waals surface area contributed by atoms with Crippen molar-refractivity contribution in [3.63, 3.8) is 0 Å². The molecule has 0 aliphatic rings. The van der Waals surface area contributed by atoms with Crippen LogP contribution < -0.4 is 14.8 Å². The largest absolute Gasteiger partial charge is 0.493 e. The lowest BCUT2D eigenvalue weighted by Gasteiger charge is -2.15. The highest BCUT2D eigenvalue weighted by molar-refractivity contribution is 7.80. The zero-order valence-electron chi connectivity index (χ0n) is 18.9. The Bertz CT molecular complexity index is 1070. The molecule has 0 amide bonds. The van der Waals surface area contributed by atoms with E-state index in [0.29, 0.717) is 16.6 Å². The number of rotatable bonds is 9. The molecule has 0 aliphatic carbocycles. The summed E-state index contributed by atoms with van der Waals surface area (Å²) in [6, 6.07) is 15.7. The fraction of sp³-hybridized carbons (Fsp3) is 0.292. The average molecular weight is 452 g/mol. The van der Waals surface area contributed by atoms with E-state index < -0.39 is 0 Å². The first-order valence-corrected chi connectivity index (χ1v) is 10.9. The molecule has 1 N–H and O–H groups in total. The summed E-state index contributed by atoms with van der Waals surface area (Å²) in [5.74, 6) is 1.30. The Kier molecular flexibility index (Phi) is 8.21. The Labute approximate surface area is 194 Å². The molecule has 3 rings (SSSR count). The van der Waals surface area contributed by atoms with Gasteiger partial charge >= 0.3 is 0 Å². The molecule has 0 saturated heterocycles. The van der Waals surface area contributed by atoms with Crippen LogP contribution in [0.1, 0.15) is 25.3 Å². The second-order valence-corrected chi connectivity index (χ2v) is 7.52. The molecule has 0 fully saturated rings. The standard InChI is InChI=1S/C24H29N5O2S/c1-5-6-14-25-24(32)28(2)26-16-19-17-29(20-10-8-7-9-11-20)27-23(19)18-12-13-21(30-3)22(15-18)31-4/h7-13,15-17H,5-6,14H2,1-4H3,(H,25,32). The number of methoxy groups -OCH3 is 2. The van der Waals surface area contributed by atoms with Gasteiger partial charge in [0.2, 0.25) is 0 Å². The Balaban J connectivity index is 1.95. The van der Waals surface area contributed by atoms with Crippen molar-refractivity contribution in [2.24, 2.45) is 5.10 Å². The zero-order valence-corrected chi connectivity index (χ0v) is 19.7. The van der Waals surface area contributed by atoms with Gasteiger partial charge in [0.1, 0.15) is 5.69 Å². The lowest BCUT2D eigenvalue weighted by molar-refractivity contribution is 0.355. The van der Waals surface area contributed by atoms with Gasteiger partial charge < -0.3 is 14.8 Å². The maximum absolute atomic E-state index is 5.48. The summed E-state index contributed by atoms with van der Waals surface area (Å²) in [5, 5.41) is 14.8. The van der Waals surface area contributed by atoms with Crippen molar-refractivity contribution in [1.29, 1.82) is 0 Å². The van der Waals surface area contributed by atoms with E-state index in [4.69, 9.17) is 26.8 Å². The van der Waals surface area contributed by atoms with Crippen LogP contribution in [-0.4, -0.2) is 53.9 Å². The van der Waals surface area contributed by atoms with Crippen LogP contribution in [0.15, 0.2) is 59.8 Å². The summed E-state index contributed by atoms with van der Waals surface area (Å²) in [5.41, 5.74) is 3.48. The minimum atomic E-state index is 0.581. The van der Waals surface area contributed by atoms with Crippen molar-refractivity contribution in [2.75, 3.05) is 27.8 Å². The molecule has 32 heavy (non-hydrogen) atoms. The topological polar surface area (TPSA) is 63.9 Å². The van der Waals surface area contributed by atoms with Crippen molar-refractivity contribution in [2.45, 2.75) is 19.8 Å². The lowest BCUT2D eigenvalue weighted by atomic mass is 10.1. The highest BCUT2D eigenvalue weighted by Gasteiger charge is 2.14. The fourth-order valence-electron chi connectivity index (χ4n) is 3.09. The number of thiocarbonyl (C=S) groups is 1. The van der Waals surface area contributed by atoms with E-state index >= 15 is 0 Å². The number of hydrazone groups is 1. The number of hydrogen-bond acceptors (Lipinski definition) is 5. The summed E-state index contributed by atoms with van der Waals surface area (Å²) >= 11 is 5.42. The zero-order chi connectivity index (χ0) is 22.9. The Hall–Kier alpha value is -3.39. The Morgan fingerprint density at radius 1 is 1.16 bits per heavy atom. The summed E-state index contributed by atoms with van der Waals surface area (Å²) in [6.07, 6.45) is 5.89. The average Bonchev–Trinajstić information content (AvgIpc) is 3.27. The molecule has 0 bridgehead atoms. The van der Waals surface area contributed by atoms with Crippen LogP contribution in [0.3, 0.4) is 0 Å². The van der Waals surface area contributed by atoms with Gasteiger partial charge in [0.05, 0.1) is 26.1 Å². The first kappa shape index (κ1) is 23.3. The van der Waals surface area contributed by atoms with Crippen LogP contribution in [0, 0.1) is 0 Å². The second kappa shape index (κ2) is 11.3. The van der Waals surface area contributed by atoms with Gasteiger partial charge in [0.25, 0.3) is 0 Å². The van der Waals surface area contributed by atoms with E-state index in [0.717, 1.165) is 41.9 Å². The van der Waals surface area contributed by atoms with Gasteiger partial charge in [0, 0.05) is 30.9 Å². The predicted octanol–water partition coefficient (Wildman–Crippen LogP) is 4.50. The third kappa shape index (κ3) is 5.64. The summed E-state index contributed by atoms with van der Waals surface area (Å²) < 4.78 is 12.7. The van der Waals surface area contributed by atoms with E-state index in [-0.39, 0.29) is 0 Å². The molecule has 0 aliphatic heterocycles. The Morgan fingerprint density at radius 2 is 1.91 bits per heavy atom. The number of para-hydroxylation sites is 1. The van der Waals surface area contributed by atoms with Crippen molar-refractivity contribution in [3.05, 3.63) is 60.3 Å². The third-order valence-corrected chi connectivity index (χ3v) is 5.30. The summed E-state index contributed by atoms with van der Waals surface area (Å²) in [4.78, 5) is 0. The number of nitrogens with one attached hydrogen (secondary N) is 1. The quantitative estimate of drug-likeness (QED) is 0.224. The van der Waals surface area contributed by atoms with E-state index in [9.17, 15) is 0 Å². The molecule has 0 unspecified atom stereocenters. The number of ether oxygens (including phenoxy) is 2. The van der Waals surface area contributed by atoms with Gasteiger partial charge in [0.15, 0.2) is 16.6 Å². The van der Waals surface area contributed by atoms with Gasteiger partial charge in [-0.3, -0.25) is 0 Å². The van der Waals surface area contributed by atoms with Gasteiger partial charge in [-0.15, -0.1) is 0 Å². The maximum atomic E-state index is 5.48. The molecule has 0 saturated carbocycles. The molecule has 0 radical (unpaired) electrons. The van der Waals surface area contributed by atoms with Gasteiger partial charge in [-0.25, -0.2) is 9.69 Å². The maximum Gasteiger partial charge on any atom is 0.189 e. The van der Waals surface area contributed by atoms with Gasteiger partial charge in [-0.1, -0.05) is 31.5 Å². The minimum Gasteiger partial charge on any atom is -0.493 e. The number of aromatic nitrogens is 2. The second-order valence-electron chi connectivity index (χ2n) is 7.14. The molecule has 2 aromatic carbocycles. The van der Waals surface area contributed by atoms with Crippen molar-refractivity contribution in [1.82, 2.24) is 20.1 Å². The monoisotopic (exact) mass is 451 g/mol. The first-order valence-electron chi connectivity index (χ1n) is 10.5. The predicted molar refractivity (Wildman–Crippen MR) is 133 cm³/mol. The Morgan fingerprint density at radius 3 is 2.59 bits per heavy atom. The van der Waals surface area contributed by atoms with Crippen molar-refractivity contribution < 1.29 is 9.47 Å². The summed E-state index contributed by atoms with van der Waals surface area (Å²) in [7, 11) is 5.07. The number of unbranched alkanes of at least 4 members (excludes halogenated alkanes) is 1. The number of nitrogens with zero attached hydrogens (tertiary/aromatic N) is 4. The molecule has 8 heteroatoms. The molecule has 0 atom stereocenters. The summed E-state index contributed by atoms with van der Waals surface area (Å²) in [6.45, 7) is 2.98. The van der Waals surface area contributed by atoms with Crippen LogP contribution in [0.2, 0.25) is 0 Å². The highest BCUT2D eigenvalue weighted by atomic mass is 32.1. The van der Waals surface area contributed by atoms with Crippen LogP contribution >= 0.6 is 12.2 Å². The molecular formula is C24H29N5O2S. The van der Waals surface area contributed by atoms with Crippen LogP contribution in [0.5, 0.6) is 11.5 Å². The smallest absolute Gasteiger partial charge is 0.189 e. The number of benzene rings is 2. The van der Waals surface area contributed by atoms with E-state index in [1.54, 1.807) is 25.4 Å². The van der Waals surface area contributed by atoms with Crippen LogP contribution in [0.25, 0.3) is 16.9 Å². The molecule has 168 valence electrons. The van der Waals surface area contributed by atoms with E-state index in [2.05, 4.69) is 17.3 Å². The van der Waals surface area contributed by atoms with Crippen LogP contribution in [0.4, 0.5) is 0 Å². The lowest BCUT2D eigenvalue weighted by Crippen LogP contribution is -2.34. The fourth-order valence-corrected chi connectivity index (χ4v) is 3.24. The molecule has 1 aromatic heterocycles.